The molecule has 3 aromatic rings. The number of nitrogens with one attached hydrogen (secondary N) is 1. The van der Waals surface area contributed by atoms with Crippen molar-refractivity contribution < 1.29 is 18.0 Å². The van der Waals surface area contributed by atoms with Gasteiger partial charge in [0.25, 0.3) is 0 Å². The Kier molecular flexibility index (Phi) is 10.5. The van der Waals surface area contributed by atoms with Crippen molar-refractivity contribution in [2.24, 2.45) is 0 Å². The Morgan fingerprint density at radius 2 is 1.58 bits per heavy atom. The lowest BCUT2D eigenvalue weighted by Crippen LogP contribution is -2.53. The molecule has 3 rings (SSSR count). The third kappa shape index (κ3) is 7.91. The highest BCUT2D eigenvalue weighted by atomic mass is 79.9. The molecule has 0 saturated carbocycles. The predicted molar refractivity (Wildman–Crippen MR) is 155 cm³/mol. The molecule has 202 valence electrons. The maximum absolute atomic E-state index is 14.0. The fourth-order valence-corrected chi connectivity index (χ4v) is 5.65. The highest BCUT2D eigenvalue weighted by molar-refractivity contribution is 9.10. The van der Waals surface area contributed by atoms with Crippen LogP contribution in [0.4, 0.5) is 5.69 Å². The van der Waals surface area contributed by atoms with Gasteiger partial charge in [-0.2, -0.15) is 0 Å². The van der Waals surface area contributed by atoms with E-state index in [4.69, 9.17) is 0 Å². The van der Waals surface area contributed by atoms with Crippen molar-refractivity contribution in [3.8, 4) is 0 Å². The first-order chi connectivity index (χ1) is 18.1. The predicted octanol–water partition coefficient (Wildman–Crippen LogP) is 4.55. The van der Waals surface area contributed by atoms with Crippen molar-refractivity contribution in [1.29, 1.82) is 0 Å². The van der Waals surface area contributed by atoms with Crippen LogP contribution < -0.4 is 9.62 Å². The van der Waals surface area contributed by atoms with E-state index in [1.807, 2.05) is 80.6 Å². The zero-order chi connectivity index (χ0) is 27.7. The monoisotopic (exact) mass is 599 g/mol. The van der Waals surface area contributed by atoms with E-state index in [0.29, 0.717) is 18.7 Å². The molecule has 7 nitrogen and oxygen atoms in total. The minimum atomic E-state index is -3.80. The first-order valence-corrected chi connectivity index (χ1v) is 15.2. The molecule has 0 aliphatic rings. The Morgan fingerprint density at radius 3 is 2.21 bits per heavy atom. The molecule has 38 heavy (non-hydrogen) atoms. The van der Waals surface area contributed by atoms with E-state index >= 15 is 0 Å². The largest absolute Gasteiger partial charge is 0.355 e. The van der Waals surface area contributed by atoms with E-state index in [1.165, 1.54) is 4.90 Å². The summed E-state index contributed by atoms with van der Waals surface area (Å²) >= 11 is 3.48. The minimum Gasteiger partial charge on any atom is -0.355 e. The first kappa shape index (κ1) is 29.4. The molecule has 0 bridgehead atoms. The second kappa shape index (κ2) is 13.6. The number of anilines is 1. The van der Waals surface area contributed by atoms with E-state index < -0.39 is 28.5 Å². The quantitative estimate of drug-likeness (QED) is 0.331. The maximum atomic E-state index is 14.0. The number of para-hydroxylation sites is 1. The van der Waals surface area contributed by atoms with Crippen molar-refractivity contribution in [3.63, 3.8) is 0 Å². The molecule has 1 atom stereocenters. The summed E-state index contributed by atoms with van der Waals surface area (Å²) in [4.78, 5) is 28.9. The molecule has 0 saturated heterocycles. The Bertz CT molecular complexity index is 1350. The number of halogens is 1. The number of sulfonamides is 1. The average molecular weight is 601 g/mol. The molecule has 9 heteroatoms. The molecule has 0 unspecified atom stereocenters. The van der Waals surface area contributed by atoms with Gasteiger partial charge in [0.05, 0.1) is 11.9 Å². The Balaban J connectivity index is 2.06. The van der Waals surface area contributed by atoms with Crippen LogP contribution in [0.5, 0.6) is 0 Å². The zero-order valence-electron chi connectivity index (χ0n) is 21.9. The van der Waals surface area contributed by atoms with Crippen molar-refractivity contribution >= 4 is 43.5 Å². The highest BCUT2D eigenvalue weighted by Crippen LogP contribution is 2.25. The summed E-state index contributed by atoms with van der Waals surface area (Å²) in [6.45, 7) is 3.88. The lowest BCUT2D eigenvalue weighted by atomic mass is 10.0. The van der Waals surface area contributed by atoms with E-state index in [9.17, 15) is 18.0 Å². The molecule has 0 spiro atoms. The van der Waals surface area contributed by atoms with Crippen LogP contribution in [0.25, 0.3) is 0 Å². The lowest BCUT2D eigenvalue weighted by molar-refractivity contribution is -0.140. The van der Waals surface area contributed by atoms with Crippen molar-refractivity contribution in [1.82, 2.24) is 10.2 Å². The number of hydrogen-bond acceptors (Lipinski definition) is 4. The Labute approximate surface area is 234 Å². The van der Waals surface area contributed by atoms with Gasteiger partial charge in [0.2, 0.25) is 21.8 Å². The van der Waals surface area contributed by atoms with Gasteiger partial charge in [0.15, 0.2) is 0 Å². The van der Waals surface area contributed by atoms with Gasteiger partial charge in [-0.05, 0) is 48.2 Å². The summed E-state index contributed by atoms with van der Waals surface area (Å²) in [5, 5.41) is 2.86. The zero-order valence-corrected chi connectivity index (χ0v) is 24.3. The molecule has 1 N–H and O–H groups in total. The van der Waals surface area contributed by atoms with E-state index in [2.05, 4.69) is 21.2 Å². The summed E-state index contributed by atoms with van der Waals surface area (Å²) in [6, 6.07) is 23.3. The Morgan fingerprint density at radius 1 is 0.921 bits per heavy atom. The van der Waals surface area contributed by atoms with Gasteiger partial charge in [-0.15, -0.1) is 0 Å². The van der Waals surface area contributed by atoms with E-state index in [-0.39, 0.29) is 18.9 Å². The number of benzene rings is 3. The smallest absolute Gasteiger partial charge is 0.244 e. The third-order valence-corrected chi connectivity index (χ3v) is 7.80. The molecular weight excluding hydrogens is 566 g/mol. The summed E-state index contributed by atoms with van der Waals surface area (Å²) in [5.74, 6) is -0.756. The number of amides is 2. The van der Waals surface area contributed by atoms with Gasteiger partial charge >= 0.3 is 0 Å². The molecule has 0 aromatic heterocycles. The van der Waals surface area contributed by atoms with Gasteiger partial charge in [-0.25, -0.2) is 8.42 Å². The number of hydrogen-bond donors (Lipinski definition) is 1. The second-order valence-corrected chi connectivity index (χ2v) is 11.8. The average Bonchev–Trinajstić information content (AvgIpc) is 2.89. The second-order valence-electron chi connectivity index (χ2n) is 9.00. The molecule has 0 aliphatic heterocycles. The maximum Gasteiger partial charge on any atom is 0.244 e. The van der Waals surface area contributed by atoms with Crippen LogP contribution >= 0.6 is 15.9 Å². The summed E-state index contributed by atoms with van der Waals surface area (Å²) in [5.41, 5.74) is 2.99. The number of aryl methyl sites for hydroxylation is 1. The molecule has 0 aliphatic carbocycles. The van der Waals surface area contributed by atoms with Crippen molar-refractivity contribution in [2.75, 3.05) is 23.7 Å². The van der Waals surface area contributed by atoms with Gasteiger partial charge in [-0.3, -0.25) is 13.9 Å². The number of nitrogens with zero attached hydrogens (tertiary/aromatic N) is 2. The number of rotatable bonds is 12. The van der Waals surface area contributed by atoms with Crippen LogP contribution in [-0.2, 0) is 39.0 Å². The SMILES string of the molecule is CCNC(=O)[C@H](Cc1ccccc1)N(Cc1cccc(Br)c1)C(=O)CN(c1ccccc1CC)S(C)(=O)=O. The van der Waals surface area contributed by atoms with Crippen molar-refractivity contribution in [3.05, 3.63) is 100 Å². The normalized spacial score (nSPS) is 12.0. The molecule has 0 fully saturated rings. The van der Waals surface area contributed by atoms with Crippen LogP contribution in [0.3, 0.4) is 0 Å². The third-order valence-electron chi connectivity index (χ3n) is 6.18. The van der Waals surface area contributed by atoms with Crippen LogP contribution in [-0.4, -0.2) is 50.5 Å². The molecular formula is C29H34BrN3O4S. The van der Waals surface area contributed by atoms with Crippen LogP contribution in [0.1, 0.15) is 30.5 Å². The number of carbonyl (C=O) groups excluding carboxylic acids is 2. The Hall–Kier alpha value is -3.17. The van der Waals surface area contributed by atoms with Crippen molar-refractivity contribution in [2.45, 2.75) is 39.3 Å². The lowest BCUT2D eigenvalue weighted by Gasteiger charge is -2.34. The summed E-state index contributed by atoms with van der Waals surface area (Å²) in [6.07, 6.45) is 1.99. The molecule has 0 radical (unpaired) electrons. The van der Waals surface area contributed by atoms with Gasteiger partial charge in [0.1, 0.15) is 12.6 Å². The number of likely N-dealkylation sites (N-methyl/N-ethyl adjacent to an activating group) is 1. The van der Waals surface area contributed by atoms with Crippen LogP contribution in [0.2, 0.25) is 0 Å². The van der Waals surface area contributed by atoms with Crippen LogP contribution in [0.15, 0.2) is 83.3 Å². The standard InChI is InChI=1S/C29H34BrN3O4S/c1-4-24-15-9-10-17-26(24)33(38(3,36)37)21-28(34)32(20-23-14-11-16-25(30)18-23)27(29(35)31-5-2)19-22-12-7-6-8-13-22/h6-18,27H,4-5,19-21H2,1-3H3,(H,31,35)/t27-/m0/s1. The molecule has 0 heterocycles. The molecule has 3 aromatic carbocycles. The number of carbonyl (C=O) groups is 2. The van der Waals surface area contributed by atoms with Gasteiger partial charge in [0, 0.05) is 24.0 Å². The highest BCUT2D eigenvalue weighted by Gasteiger charge is 2.33. The fraction of sp³-hybridized carbons (Fsp3) is 0.310. The summed E-state index contributed by atoms with van der Waals surface area (Å²) in [7, 11) is -3.80. The minimum absolute atomic E-state index is 0.139. The fourth-order valence-electron chi connectivity index (χ4n) is 4.33. The molecule has 2 amide bonds. The van der Waals surface area contributed by atoms with E-state index in [0.717, 1.165) is 31.7 Å². The summed E-state index contributed by atoms with van der Waals surface area (Å²) < 4.78 is 27.8. The van der Waals surface area contributed by atoms with Gasteiger partial charge < -0.3 is 10.2 Å². The van der Waals surface area contributed by atoms with Crippen LogP contribution in [0, 0.1) is 0 Å². The van der Waals surface area contributed by atoms with E-state index in [1.54, 1.807) is 12.1 Å². The van der Waals surface area contributed by atoms with Gasteiger partial charge in [-0.1, -0.05) is 83.5 Å². The first-order valence-electron chi connectivity index (χ1n) is 12.5. The topological polar surface area (TPSA) is 86.8 Å².